The highest BCUT2D eigenvalue weighted by Crippen LogP contribution is 2.25. The summed E-state index contributed by atoms with van der Waals surface area (Å²) in [5, 5.41) is 2.93. The molecule has 1 aromatic carbocycles. The van der Waals surface area contributed by atoms with Gasteiger partial charge in [-0.1, -0.05) is 80.1 Å². The van der Waals surface area contributed by atoms with Crippen LogP contribution in [0.5, 0.6) is 0 Å². The van der Waals surface area contributed by atoms with E-state index in [0.29, 0.717) is 5.95 Å². The van der Waals surface area contributed by atoms with Crippen molar-refractivity contribution >= 4 is 50.9 Å². The number of nitrogens with one attached hydrogen (secondary N) is 1. The molecular formula is C33H53BrN6O2. The summed E-state index contributed by atoms with van der Waals surface area (Å²) in [4.78, 5) is 36.0. The fraction of sp³-hybridized carbons (Fsp3) is 0.606. The van der Waals surface area contributed by atoms with Crippen LogP contribution in [-0.4, -0.2) is 78.5 Å². The predicted molar refractivity (Wildman–Crippen MR) is 181 cm³/mol. The molecule has 8 nitrogen and oxygen atoms in total. The number of amides is 2. The van der Waals surface area contributed by atoms with E-state index in [-0.39, 0.29) is 12.3 Å². The summed E-state index contributed by atoms with van der Waals surface area (Å²) >= 11 is 3.19. The van der Waals surface area contributed by atoms with E-state index >= 15 is 0 Å². The predicted octanol–water partition coefficient (Wildman–Crippen LogP) is 7.06. The van der Waals surface area contributed by atoms with Gasteiger partial charge in [0.2, 0.25) is 18.3 Å². The van der Waals surface area contributed by atoms with Gasteiger partial charge in [0.05, 0.1) is 11.0 Å². The first kappa shape index (κ1) is 35.7. The summed E-state index contributed by atoms with van der Waals surface area (Å²) in [5.74, 6) is 1.46. The quantitative estimate of drug-likeness (QED) is 0.221. The Labute approximate surface area is 262 Å². The molecule has 0 radical (unpaired) electrons. The zero-order chi connectivity index (χ0) is 30.7. The van der Waals surface area contributed by atoms with Gasteiger partial charge in [0.25, 0.3) is 0 Å². The second kappa shape index (κ2) is 20.4. The minimum atomic E-state index is -0.119. The number of allylic oxidation sites excluding steroid dienone is 2. The number of aryl methyl sites for hydroxylation is 1. The van der Waals surface area contributed by atoms with Gasteiger partial charge in [0.15, 0.2) is 0 Å². The maximum Gasteiger partial charge on any atom is 0.230 e. The molecular weight excluding hydrogens is 592 g/mol. The Kier molecular flexibility index (Phi) is 17.4. The maximum absolute atomic E-state index is 12.3. The molecule has 1 aliphatic carbocycles. The number of benzene rings is 1. The van der Waals surface area contributed by atoms with Crippen LogP contribution < -0.4 is 10.2 Å². The highest BCUT2D eigenvalue weighted by atomic mass is 79.9. The molecule has 1 saturated heterocycles. The zero-order valence-electron chi connectivity index (χ0n) is 26.5. The number of rotatable bonds is 10. The fourth-order valence-corrected chi connectivity index (χ4v) is 5.30. The molecule has 0 spiro atoms. The van der Waals surface area contributed by atoms with Crippen molar-refractivity contribution in [1.29, 1.82) is 0 Å². The van der Waals surface area contributed by atoms with Gasteiger partial charge in [-0.15, -0.1) is 0 Å². The van der Waals surface area contributed by atoms with Crippen molar-refractivity contribution in [3.63, 3.8) is 0 Å². The maximum atomic E-state index is 12.3. The van der Waals surface area contributed by atoms with Gasteiger partial charge < -0.3 is 19.3 Å². The largest absolute Gasteiger partial charge is 0.318 e. The van der Waals surface area contributed by atoms with Crippen LogP contribution in [0.1, 0.15) is 72.1 Å². The molecule has 2 fully saturated rings. The van der Waals surface area contributed by atoms with Crippen molar-refractivity contribution in [1.82, 2.24) is 19.4 Å². The van der Waals surface area contributed by atoms with Crippen LogP contribution in [0.2, 0.25) is 0 Å². The Morgan fingerprint density at radius 2 is 1.83 bits per heavy atom. The average molecular weight is 646 g/mol. The first-order valence-corrected chi connectivity index (χ1v) is 16.5. The lowest BCUT2D eigenvalue weighted by molar-refractivity contribution is -0.115. The van der Waals surface area contributed by atoms with Gasteiger partial charge in [-0.2, -0.15) is 0 Å². The smallest absolute Gasteiger partial charge is 0.230 e. The van der Waals surface area contributed by atoms with Gasteiger partial charge >= 0.3 is 0 Å². The Morgan fingerprint density at radius 1 is 1.12 bits per heavy atom. The van der Waals surface area contributed by atoms with Crippen molar-refractivity contribution in [3.05, 3.63) is 41.4 Å². The van der Waals surface area contributed by atoms with Crippen molar-refractivity contribution in [2.45, 2.75) is 78.7 Å². The Morgan fingerprint density at radius 3 is 2.38 bits per heavy atom. The molecule has 42 heavy (non-hydrogen) atoms. The van der Waals surface area contributed by atoms with Crippen LogP contribution in [0.15, 0.2) is 41.4 Å². The number of nitrogens with zero attached hydrogens (tertiary/aromatic N) is 5. The van der Waals surface area contributed by atoms with Gasteiger partial charge in [-0.3, -0.25) is 14.9 Å². The van der Waals surface area contributed by atoms with E-state index in [1.54, 1.807) is 18.1 Å². The summed E-state index contributed by atoms with van der Waals surface area (Å²) in [7, 11) is 3.86. The third-order valence-corrected chi connectivity index (χ3v) is 8.13. The number of imidazole rings is 1. The molecule has 1 saturated carbocycles. The van der Waals surface area contributed by atoms with Crippen molar-refractivity contribution in [2.75, 3.05) is 57.0 Å². The number of carbonyl (C=O) groups excluding carboxylic acids is 2. The number of carbonyl (C=O) groups is 2. The van der Waals surface area contributed by atoms with Crippen LogP contribution in [-0.2, 0) is 16.1 Å². The molecule has 1 aliphatic heterocycles. The molecule has 0 unspecified atom stereocenters. The second-order valence-corrected chi connectivity index (χ2v) is 11.8. The number of hydrogen-bond acceptors (Lipinski definition) is 5. The second-order valence-electron chi connectivity index (χ2n) is 11.3. The Bertz CT molecular complexity index is 1120. The van der Waals surface area contributed by atoms with Crippen LogP contribution >= 0.6 is 15.9 Å². The number of likely N-dealkylation sites (N-methyl/N-ethyl adjacent to an activating group) is 1. The van der Waals surface area contributed by atoms with Crippen molar-refractivity contribution < 1.29 is 9.59 Å². The summed E-state index contributed by atoms with van der Waals surface area (Å²) in [5.41, 5.74) is 2.47. The monoisotopic (exact) mass is 644 g/mol. The third kappa shape index (κ3) is 12.8. The van der Waals surface area contributed by atoms with Crippen LogP contribution in [0.3, 0.4) is 0 Å². The molecule has 2 heterocycles. The van der Waals surface area contributed by atoms with Gasteiger partial charge in [-0.05, 0) is 62.5 Å². The molecule has 2 amide bonds. The lowest BCUT2D eigenvalue weighted by Gasteiger charge is -2.32. The molecule has 234 valence electrons. The standard InChI is InChI=1S/C21H29BrN6O2.C7H14.C5H10/c1-25-11-13-27(14-12-25)9-4-10-28-19-7-6-17(26(2)16-29)15-18(19)23-21(28)24-20(30)5-3-8-22;1-7-5-3-2-4-6-7;1-3-5-4-2/h3,6-8,15-16H,4-5,9-14H2,1-2H3,(H,23,24,30);7H,2-6H2,1H3;3,5H,4H2,1-2H3/b8-3+;;5-3-. The van der Waals surface area contributed by atoms with E-state index < -0.39 is 0 Å². The van der Waals surface area contributed by atoms with E-state index in [4.69, 9.17) is 0 Å². The lowest BCUT2D eigenvalue weighted by atomic mass is 9.91. The minimum absolute atomic E-state index is 0.119. The SMILES string of the molecule is C/C=C\CC.CC1CCCCC1.CN1CCN(CCCn2c(NC(=O)C/C=C/Br)nc3cc(N(C)C=O)ccc32)CC1. The molecule has 1 N–H and O–H groups in total. The van der Waals surface area contributed by atoms with Gasteiger partial charge in [0.1, 0.15) is 0 Å². The molecule has 4 rings (SSSR count). The summed E-state index contributed by atoms with van der Waals surface area (Å²) in [6.45, 7) is 12.7. The first-order valence-electron chi connectivity index (χ1n) is 15.6. The van der Waals surface area contributed by atoms with E-state index in [2.05, 4.69) is 73.6 Å². The Hall–Kier alpha value is -2.49. The molecule has 0 bridgehead atoms. The van der Waals surface area contributed by atoms with E-state index in [1.807, 2.05) is 25.1 Å². The Balaban J connectivity index is 0.000000426. The van der Waals surface area contributed by atoms with Gasteiger partial charge in [0, 0.05) is 51.9 Å². The van der Waals surface area contributed by atoms with E-state index in [9.17, 15) is 9.59 Å². The highest BCUT2D eigenvalue weighted by molar-refractivity contribution is 9.11. The average Bonchev–Trinajstić information content (AvgIpc) is 3.34. The summed E-state index contributed by atoms with van der Waals surface area (Å²) < 4.78 is 2.06. The lowest BCUT2D eigenvalue weighted by Crippen LogP contribution is -2.44. The van der Waals surface area contributed by atoms with Gasteiger partial charge in [-0.25, -0.2) is 4.98 Å². The molecule has 1 aromatic heterocycles. The number of hydrogen-bond donors (Lipinski definition) is 1. The van der Waals surface area contributed by atoms with Crippen molar-refractivity contribution in [3.8, 4) is 0 Å². The topological polar surface area (TPSA) is 73.7 Å². The van der Waals surface area contributed by atoms with Crippen LogP contribution in [0.4, 0.5) is 11.6 Å². The fourth-order valence-electron chi connectivity index (χ4n) is 5.11. The number of halogens is 1. The van der Waals surface area contributed by atoms with Crippen molar-refractivity contribution in [2.24, 2.45) is 5.92 Å². The number of fused-ring (bicyclic) bond motifs is 1. The molecule has 9 heteroatoms. The van der Waals surface area contributed by atoms with Crippen LogP contribution in [0, 0.1) is 5.92 Å². The van der Waals surface area contributed by atoms with Crippen LogP contribution in [0.25, 0.3) is 11.0 Å². The first-order chi connectivity index (χ1) is 20.3. The number of aromatic nitrogens is 2. The minimum Gasteiger partial charge on any atom is -0.318 e. The highest BCUT2D eigenvalue weighted by Gasteiger charge is 2.16. The van der Waals surface area contributed by atoms with E-state index in [1.165, 1.54) is 37.0 Å². The normalized spacial score (nSPS) is 16.6. The molecule has 2 aromatic rings. The summed E-state index contributed by atoms with van der Waals surface area (Å²) in [6, 6.07) is 5.73. The number of piperazine rings is 1. The zero-order valence-corrected chi connectivity index (χ0v) is 28.1. The molecule has 2 aliphatic rings. The summed E-state index contributed by atoms with van der Waals surface area (Å²) in [6.07, 6.45) is 16.5. The number of anilines is 2. The third-order valence-electron chi connectivity index (χ3n) is 7.76. The molecule has 0 atom stereocenters. The van der Waals surface area contributed by atoms with E-state index in [0.717, 1.165) is 81.2 Å².